The third kappa shape index (κ3) is 5.25. The summed E-state index contributed by atoms with van der Waals surface area (Å²) < 4.78 is 5.43. The number of likely N-dealkylation sites (N-methyl/N-ethyl adjacent to an activating group) is 1. The molecule has 3 nitrogen and oxygen atoms in total. The van der Waals surface area contributed by atoms with Gasteiger partial charge in [0.15, 0.2) is 0 Å². The van der Waals surface area contributed by atoms with Crippen molar-refractivity contribution < 1.29 is 4.74 Å². The minimum atomic E-state index is 0.519. The Bertz CT molecular complexity index is 203. The Kier molecular flexibility index (Phi) is 7.87. The lowest BCUT2D eigenvalue weighted by molar-refractivity contribution is 0.0496. The van der Waals surface area contributed by atoms with E-state index in [1.165, 1.54) is 32.1 Å². The number of ether oxygens (including phenoxy) is 1. The summed E-state index contributed by atoms with van der Waals surface area (Å²) in [5, 5.41) is 3.56. The monoisotopic (exact) mass is 256 g/mol. The van der Waals surface area contributed by atoms with Crippen LogP contribution in [0, 0.1) is 0 Å². The molecule has 0 aromatic heterocycles. The molecule has 108 valence electrons. The zero-order valence-corrected chi connectivity index (χ0v) is 12.7. The van der Waals surface area contributed by atoms with Gasteiger partial charge in [0.2, 0.25) is 0 Å². The summed E-state index contributed by atoms with van der Waals surface area (Å²) in [4.78, 5) is 2.66. The fourth-order valence-corrected chi connectivity index (χ4v) is 3.06. The second kappa shape index (κ2) is 8.89. The van der Waals surface area contributed by atoms with Gasteiger partial charge in [-0.05, 0) is 19.4 Å². The lowest BCUT2D eigenvalue weighted by Gasteiger charge is -2.39. The molecule has 0 bridgehead atoms. The van der Waals surface area contributed by atoms with Gasteiger partial charge >= 0.3 is 0 Å². The highest BCUT2D eigenvalue weighted by Crippen LogP contribution is 2.24. The summed E-state index contributed by atoms with van der Waals surface area (Å²) in [6.45, 7) is 9.71. The molecule has 3 heteroatoms. The van der Waals surface area contributed by atoms with Crippen LogP contribution in [-0.2, 0) is 4.74 Å². The van der Waals surface area contributed by atoms with Crippen LogP contribution in [0.3, 0.4) is 0 Å². The summed E-state index contributed by atoms with van der Waals surface area (Å²) in [5.41, 5.74) is 0. The molecule has 0 aromatic carbocycles. The molecule has 1 unspecified atom stereocenters. The largest absolute Gasteiger partial charge is 0.383 e. The van der Waals surface area contributed by atoms with Crippen LogP contribution < -0.4 is 5.32 Å². The van der Waals surface area contributed by atoms with Crippen molar-refractivity contribution in [3.8, 4) is 0 Å². The second-order valence-corrected chi connectivity index (χ2v) is 5.79. The molecule has 1 atom stereocenters. The van der Waals surface area contributed by atoms with Gasteiger partial charge in [0.1, 0.15) is 0 Å². The Hall–Kier alpha value is -0.120. The maximum atomic E-state index is 5.43. The number of nitrogens with one attached hydrogen (secondary N) is 1. The lowest BCUT2D eigenvalue weighted by atomic mass is 9.93. The van der Waals surface area contributed by atoms with Crippen LogP contribution in [-0.4, -0.2) is 49.8 Å². The minimum absolute atomic E-state index is 0.519. The Morgan fingerprint density at radius 2 is 1.89 bits per heavy atom. The predicted molar refractivity (Wildman–Crippen MR) is 78.1 cm³/mol. The first-order valence-electron chi connectivity index (χ1n) is 7.67. The van der Waals surface area contributed by atoms with Crippen LogP contribution in [0.4, 0.5) is 0 Å². The molecular weight excluding hydrogens is 224 g/mol. The van der Waals surface area contributed by atoms with Crippen molar-refractivity contribution in [1.29, 1.82) is 0 Å². The molecule has 0 radical (unpaired) electrons. The van der Waals surface area contributed by atoms with Crippen molar-refractivity contribution in [3.63, 3.8) is 0 Å². The van der Waals surface area contributed by atoms with E-state index in [2.05, 4.69) is 31.0 Å². The summed E-state index contributed by atoms with van der Waals surface area (Å²) in [6, 6.07) is 1.85. The van der Waals surface area contributed by atoms with Crippen LogP contribution in [0.1, 0.15) is 52.9 Å². The van der Waals surface area contributed by atoms with Crippen molar-refractivity contribution in [2.24, 2.45) is 0 Å². The summed E-state index contributed by atoms with van der Waals surface area (Å²) in [5.74, 6) is 0. The zero-order valence-electron chi connectivity index (χ0n) is 12.7. The van der Waals surface area contributed by atoms with Gasteiger partial charge in [0.05, 0.1) is 6.61 Å². The Labute approximate surface area is 113 Å². The van der Waals surface area contributed by atoms with Gasteiger partial charge < -0.3 is 10.1 Å². The molecule has 1 aliphatic carbocycles. The Morgan fingerprint density at radius 3 is 2.39 bits per heavy atom. The number of hydrogen-bond donors (Lipinski definition) is 1. The number of hydrogen-bond acceptors (Lipinski definition) is 3. The van der Waals surface area contributed by atoms with E-state index in [0.717, 1.165) is 25.7 Å². The van der Waals surface area contributed by atoms with E-state index in [4.69, 9.17) is 4.74 Å². The smallest absolute Gasteiger partial charge is 0.0630 e. The van der Waals surface area contributed by atoms with Gasteiger partial charge in [-0.2, -0.15) is 0 Å². The first-order valence-corrected chi connectivity index (χ1v) is 7.67. The van der Waals surface area contributed by atoms with Gasteiger partial charge in [0, 0.05) is 31.8 Å². The fourth-order valence-electron chi connectivity index (χ4n) is 3.06. The number of nitrogens with zero attached hydrogens (tertiary/aromatic N) is 1. The van der Waals surface area contributed by atoms with E-state index >= 15 is 0 Å². The van der Waals surface area contributed by atoms with Crippen LogP contribution in [0.2, 0.25) is 0 Å². The second-order valence-electron chi connectivity index (χ2n) is 5.79. The average molecular weight is 256 g/mol. The predicted octanol–water partition coefficient (Wildman–Crippen LogP) is 2.65. The molecule has 0 aromatic rings. The normalized spacial score (nSPS) is 19.7. The van der Waals surface area contributed by atoms with Crippen LogP contribution in [0.5, 0.6) is 0 Å². The third-order valence-electron chi connectivity index (χ3n) is 4.00. The zero-order chi connectivity index (χ0) is 13.4. The van der Waals surface area contributed by atoms with Gasteiger partial charge in [-0.15, -0.1) is 0 Å². The average Bonchev–Trinajstić information content (AvgIpc) is 2.38. The topological polar surface area (TPSA) is 24.5 Å². The van der Waals surface area contributed by atoms with E-state index in [1.54, 1.807) is 0 Å². The first-order chi connectivity index (χ1) is 8.69. The molecule has 1 N–H and O–H groups in total. The van der Waals surface area contributed by atoms with Crippen molar-refractivity contribution in [1.82, 2.24) is 10.2 Å². The molecule has 0 amide bonds. The minimum Gasteiger partial charge on any atom is -0.383 e. The quantitative estimate of drug-likeness (QED) is 0.722. The molecular formula is C15H32N2O. The summed E-state index contributed by atoms with van der Waals surface area (Å²) in [6.07, 6.45) is 6.97. The van der Waals surface area contributed by atoms with Crippen molar-refractivity contribution in [3.05, 3.63) is 0 Å². The number of methoxy groups -OCH3 is 1. The van der Waals surface area contributed by atoms with Crippen molar-refractivity contribution >= 4 is 0 Å². The molecule has 0 heterocycles. The van der Waals surface area contributed by atoms with Gasteiger partial charge in [-0.3, -0.25) is 4.90 Å². The standard InChI is InChI=1S/C15H32N2O/c1-5-17(14-9-7-6-8-10-14)15(12-18-4)11-16-13(2)3/h13-16H,5-12H2,1-4H3. The number of rotatable bonds is 8. The maximum Gasteiger partial charge on any atom is 0.0630 e. The van der Waals surface area contributed by atoms with Gasteiger partial charge in [-0.1, -0.05) is 40.0 Å². The van der Waals surface area contributed by atoms with E-state index in [9.17, 15) is 0 Å². The van der Waals surface area contributed by atoms with E-state index in [0.29, 0.717) is 12.1 Å². The maximum absolute atomic E-state index is 5.43. The Morgan fingerprint density at radius 1 is 1.22 bits per heavy atom. The highest BCUT2D eigenvalue weighted by atomic mass is 16.5. The molecule has 1 fully saturated rings. The molecule has 1 saturated carbocycles. The Balaban J connectivity index is 2.54. The van der Waals surface area contributed by atoms with Gasteiger partial charge in [0.25, 0.3) is 0 Å². The molecule has 0 aliphatic heterocycles. The van der Waals surface area contributed by atoms with Crippen LogP contribution >= 0.6 is 0 Å². The lowest BCUT2D eigenvalue weighted by Crippen LogP contribution is -2.51. The van der Waals surface area contributed by atoms with E-state index < -0.39 is 0 Å². The van der Waals surface area contributed by atoms with Crippen molar-refractivity contribution in [2.45, 2.75) is 71.0 Å². The summed E-state index contributed by atoms with van der Waals surface area (Å²) >= 11 is 0. The first kappa shape index (κ1) is 15.9. The molecule has 0 saturated heterocycles. The van der Waals surface area contributed by atoms with Crippen LogP contribution in [0.15, 0.2) is 0 Å². The van der Waals surface area contributed by atoms with Crippen LogP contribution in [0.25, 0.3) is 0 Å². The molecule has 1 rings (SSSR count). The van der Waals surface area contributed by atoms with Gasteiger partial charge in [-0.25, -0.2) is 0 Å². The van der Waals surface area contributed by atoms with E-state index in [-0.39, 0.29) is 0 Å². The third-order valence-corrected chi connectivity index (χ3v) is 4.00. The highest BCUT2D eigenvalue weighted by Gasteiger charge is 2.26. The van der Waals surface area contributed by atoms with E-state index in [1.807, 2.05) is 7.11 Å². The SMILES string of the molecule is CCN(C1CCCCC1)C(CNC(C)C)COC. The molecule has 0 spiro atoms. The summed E-state index contributed by atoms with van der Waals surface area (Å²) in [7, 11) is 1.82. The fraction of sp³-hybridized carbons (Fsp3) is 1.00. The molecule has 1 aliphatic rings. The van der Waals surface area contributed by atoms with Crippen molar-refractivity contribution in [2.75, 3.05) is 26.8 Å². The highest BCUT2D eigenvalue weighted by molar-refractivity contribution is 4.82. The molecule has 18 heavy (non-hydrogen) atoms.